The number of nitrogens with zero attached hydrogens (tertiary/aromatic N) is 2. The van der Waals surface area contributed by atoms with Crippen molar-refractivity contribution in [3.05, 3.63) is 0 Å². The Morgan fingerprint density at radius 3 is 2.31 bits per heavy atom. The molecule has 0 spiro atoms. The molecular formula is C12H23N3O. The fraction of sp³-hybridized carbons (Fsp3) is 0.917. The number of nitrogens with two attached hydrogens (primary N) is 1. The van der Waals surface area contributed by atoms with E-state index in [4.69, 9.17) is 5.73 Å². The van der Waals surface area contributed by atoms with Crippen molar-refractivity contribution in [1.82, 2.24) is 9.80 Å². The molecule has 4 nitrogen and oxygen atoms in total. The van der Waals surface area contributed by atoms with Gasteiger partial charge in [-0.25, -0.2) is 0 Å². The highest BCUT2D eigenvalue weighted by Crippen LogP contribution is 2.11. The van der Waals surface area contributed by atoms with Gasteiger partial charge in [0.2, 0.25) is 5.91 Å². The number of carbonyl (C=O) groups is 1. The average Bonchev–Trinajstić information content (AvgIpc) is 2.31. The van der Waals surface area contributed by atoms with Crippen molar-refractivity contribution in [3.63, 3.8) is 0 Å². The monoisotopic (exact) mass is 225 g/mol. The molecule has 2 aliphatic rings. The van der Waals surface area contributed by atoms with Crippen LogP contribution in [0.15, 0.2) is 0 Å². The van der Waals surface area contributed by atoms with Crippen LogP contribution in [0.5, 0.6) is 0 Å². The number of likely N-dealkylation sites (tertiary alicyclic amines) is 2. The van der Waals surface area contributed by atoms with Crippen molar-refractivity contribution in [2.24, 2.45) is 5.73 Å². The van der Waals surface area contributed by atoms with Gasteiger partial charge in [-0.1, -0.05) is 6.42 Å². The quantitative estimate of drug-likeness (QED) is 0.741. The molecule has 4 heteroatoms. The second-order valence-corrected chi connectivity index (χ2v) is 5.06. The van der Waals surface area contributed by atoms with Crippen LogP contribution in [0.25, 0.3) is 0 Å². The van der Waals surface area contributed by atoms with E-state index < -0.39 is 0 Å². The van der Waals surface area contributed by atoms with Crippen molar-refractivity contribution >= 4 is 5.91 Å². The highest BCUT2D eigenvalue weighted by molar-refractivity contribution is 5.78. The first kappa shape index (κ1) is 11.9. The highest BCUT2D eigenvalue weighted by Gasteiger charge is 2.22. The molecule has 0 aliphatic carbocycles. The third kappa shape index (κ3) is 3.19. The normalized spacial score (nSPS) is 24.7. The second kappa shape index (κ2) is 5.64. The minimum atomic E-state index is 0.300. The van der Waals surface area contributed by atoms with E-state index in [2.05, 4.69) is 4.90 Å². The summed E-state index contributed by atoms with van der Waals surface area (Å²) in [6, 6.07) is 0.305. The van der Waals surface area contributed by atoms with Gasteiger partial charge in [0.15, 0.2) is 0 Å². The van der Waals surface area contributed by atoms with Crippen LogP contribution in [0, 0.1) is 0 Å². The van der Waals surface area contributed by atoms with Gasteiger partial charge >= 0.3 is 0 Å². The van der Waals surface area contributed by atoms with Crippen LogP contribution in [0.1, 0.15) is 32.1 Å². The fourth-order valence-electron chi connectivity index (χ4n) is 2.56. The highest BCUT2D eigenvalue weighted by atomic mass is 16.2. The molecule has 2 N–H and O–H groups in total. The number of hydrogen-bond acceptors (Lipinski definition) is 3. The minimum absolute atomic E-state index is 0.300. The van der Waals surface area contributed by atoms with E-state index in [1.165, 1.54) is 19.3 Å². The molecule has 2 fully saturated rings. The van der Waals surface area contributed by atoms with Gasteiger partial charge < -0.3 is 10.6 Å². The van der Waals surface area contributed by atoms with Crippen molar-refractivity contribution in [3.8, 4) is 0 Å². The molecule has 2 aliphatic heterocycles. The van der Waals surface area contributed by atoms with Crippen molar-refractivity contribution in [1.29, 1.82) is 0 Å². The summed E-state index contributed by atoms with van der Waals surface area (Å²) >= 11 is 0. The molecule has 92 valence electrons. The first-order chi connectivity index (χ1) is 7.75. The van der Waals surface area contributed by atoms with E-state index in [-0.39, 0.29) is 0 Å². The third-order valence-corrected chi connectivity index (χ3v) is 3.70. The van der Waals surface area contributed by atoms with Crippen LogP contribution < -0.4 is 5.73 Å². The molecule has 2 saturated heterocycles. The van der Waals surface area contributed by atoms with Crippen LogP contribution >= 0.6 is 0 Å². The molecule has 1 amide bonds. The fourth-order valence-corrected chi connectivity index (χ4v) is 2.56. The summed E-state index contributed by atoms with van der Waals surface area (Å²) in [5, 5.41) is 0. The Kier molecular flexibility index (Phi) is 4.18. The van der Waals surface area contributed by atoms with E-state index in [0.29, 0.717) is 18.5 Å². The van der Waals surface area contributed by atoms with Crippen LogP contribution in [0.2, 0.25) is 0 Å². The van der Waals surface area contributed by atoms with E-state index in [0.717, 1.165) is 39.0 Å². The van der Waals surface area contributed by atoms with Gasteiger partial charge in [0.25, 0.3) is 0 Å². The van der Waals surface area contributed by atoms with Gasteiger partial charge in [0.05, 0.1) is 6.54 Å². The number of hydrogen-bond donors (Lipinski definition) is 1. The number of carbonyl (C=O) groups excluding carboxylic acids is 1. The zero-order valence-electron chi connectivity index (χ0n) is 10.0. The van der Waals surface area contributed by atoms with E-state index >= 15 is 0 Å². The maximum absolute atomic E-state index is 12.0. The van der Waals surface area contributed by atoms with E-state index in [1.807, 2.05) is 4.90 Å². The second-order valence-electron chi connectivity index (χ2n) is 5.06. The molecular weight excluding hydrogens is 202 g/mol. The first-order valence-electron chi connectivity index (χ1n) is 6.51. The van der Waals surface area contributed by atoms with Crippen molar-refractivity contribution in [2.75, 3.05) is 32.7 Å². The lowest BCUT2D eigenvalue weighted by Gasteiger charge is -2.33. The van der Waals surface area contributed by atoms with Gasteiger partial charge in [-0.15, -0.1) is 0 Å². The van der Waals surface area contributed by atoms with Gasteiger partial charge in [-0.3, -0.25) is 9.69 Å². The lowest BCUT2D eigenvalue weighted by atomic mass is 10.1. The maximum Gasteiger partial charge on any atom is 0.236 e. The number of piperidine rings is 2. The molecule has 0 atom stereocenters. The Labute approximate surface area is 97.8 Å². The Bertz CT molecular complexity index is 230. The van der Waals surface area contributed by atoms with Gasteiger partial charge in [0, 0.05) is 19.1 Å². The maximum atomic E-state index is 12.0. The molecule has 0 radical (unpaired) electrons. The van der Waals surface area contributed by atoms with Crippen LogP contribution in [0.4, 0.5) is 0 Å². The van der Waals surface area contributed by atoms with E-state index in [1.54, 1.807) is 0 Å². The summed E-state index contributed by atoms with van der Waals surface area (Å²) in [5.41, 5.74) is 5.83. The third-order valence-electron chi connectivity index (χ3n) is 3.70. The average molecular weight is 225 g/mol. The van der Waals surface area contributed by atoms with Gasteiger partial charge in [-0.05, 0) is 38.8 Å². The van der Waals surface area contributed by atoms with Crippen LogP contribution in [-0.2, 0) is 4.79 Å². The molecule has 0 aromatic heterocycles. The molecule has 0 aromatic rings. The predicted octanol–water partition coefficient (Wildman–Crippen LogP) is 0.422. The largest absolute Gasteiger partial charge is 0.341 e. The zero-order valence-corrected chi connectivity index (χ0v) is 10.0. The Hall–Kier alpha value is -0.610. The summed E-state index contributed by atoms with van der Waals surface area (Å²) in [7, 11) is 0. The summed E-state index contributed by atoms with van der Waals surface area (Å²) in [6.07, 6.45) is 5.75. The van der Waals surface area contributed by atoms with Crippen molar-refractivity contribution in [2.45, 2.75) is 38.1 Å². The summed E-state index contributed by atoms with van der Waals surface area (Å²) in [6.45, 7) is 4.52. The van der Waals surface area contributed by atoms with Crippen molar-refractivity contribution < 1.29 is 4.79 Å². The smallest absolute Gasteiger partial charge is 0.236 e. The Balaban J connectivity index is 1.74. The number of amides is 1. The molecule has 0 aromatic carbocycles. The molecule has 0 bridgehead atoms. The molecule has 16 heavy (non-hydrogen) atoms. The van der Waals surface area contributed by atoms with Crippen LogP contribution in [-0.4, -0.2) is 54.5 Å². The Morgan fingerprint density at radius 1 is 1.06 bits per heavy atom. The lowest BCUT2D eigenvalue weighted by molar-refractivity contribution is -0.133. The van der Waals surface area contributed by atoms with Gasteiger partial charge in [-0.2, -0.15) is 0 Å². The minimum Gasteiger partial charge on any atom is -0.341 e. The molecule has 0 unspecified atom stereocenters. The summed E-state index contributed by atoms with van der Waals surface area (Å²) in [4.78, 5) is 16.3. The molecule has 2 heterocycles. The standard InChI is InChI=1S/C12H23N3O/c13-11-4-8-15(9-5-11)12(16)10-14-6-2-1-3-7-14/h11H,1-10,13H2. The lowest BCUT2D eigenvalue weighted by Crippen LogP contribution is -2.47. The predicted molar refractivity (Wildman–Crippen MR) is 64.1 cm³/mol. The topological polar surface area (TPSA) is 49.6 Å². The van der Waals surface area contributed by atoms with E-state index in [9.17, 15) is 4.79 Å². The summed E-state index contributed by atoms with van der Waals surface area (Å²) < 4.78 is 0. The SMILES string of the molecule is NC1CCN(C(=O)CN2CCCCC2)CC1. The zero-order chi connectivity index (χ0) is 11.4. The number of rotatable bonds is 2. The molecule has 2 rings (SSSR count). The Morgan fingerprint density at radius 2 is 1.69 bits per heavy atom. The van der Waals surface area contributed by atoms with Crippen LogP contribution in [0.3, 0.4) is 0 Å². The van der Waals surface area contributed by atoms with Gasteiger partial charge in [0.1, 0.15) is 0 Å². The first-order valence-corrected chi connectivity index (χ1v) is 6.51. The summed E-state index contributed by atoms with van der Waals surface area (Å²) in [5.74, 6) is 0.300. The molecule has 0 saturated carbocycles.